The van der Waals surface area contributed by atoms with Gasteiger partial charge in [-0.15, -0.1) is 0 Å². The highest BCUT2D eigenvalue weighted by Crippen LogP contribution is 2.20. The summed E-state index contributed by atoms with van der Waals surface area (Å²) in [7, 11) is 0. The molecule has 0 aliphatic heterocycles. The van der Waals surface area contributed by atoms with Crippen molar-refractivity contribution in [3.05, 3.63) is 65.9 Å². The molecule has 55 heavy (non-hydrogen) atoms. The molecule has 4 amide bonds. The number of rotatable bonds is 22. The molecule has 18 heteroatoms. The van der Waals surface area contributed by atoms with Gasteiger partial charge >= 0.3 is 11.9 Å². The van der Waals surface area contributed by atoms with Crippen molar-refractivity contribution in [2.45, 2.75) is 89.0 Å². The zero-order valence-corrected chi connectivity index (χ0v) is 30.8. The Bertz CT molecular complexity index is 1830. The zero-order chi connectivity index (χ0) is 40.7. The monoisotopic (exact) mass is 765 g/mol. The Morgan fingerprint density at radius 3 is 2.04 bits per heavy atom. The van der Waals surface area contributed by atoms with Crippen molar-refractivity contribution in [3.8, 4) is 5.75 Å². The number of H-pyrrole nitrogens is 1. The Morgan fingerprint density at radius 1 is 0.800 bits per heavy atom. The zero-order valence-electron chi connectivity index (χ0n) is 30.8. The molecule has 0 radical (unpaired) electrons. The molecule has 6 atom stereocenters. The predicted molar refractivity (Wildman–Crippen MR) is 203 cm³/mol. The minimum Gasteiger partial charge on any atom is -0.508 e. The number of nitrogens with two attached hydrogens (primary N) is 3. The van der Waals surface area contributed by atoms with Crippen LogP contribution in [0.5, 0.6) is 5.75 Å². The summed E-state index contributed by atoms with van der Waals surface area (Å²) in [6.07, 6.45) is 1.29. The van der Waals surface area contributed by atoms with Crippen LogP contribution in [0.1, 0.15) is 57.1 Å². The normalized spacial score (nSPS) is 14.3. The third-order valence-electron chi connectivity index (χ3n) is 9.09. The number of nitrogens with one attached hydrogen (secondary N) is 5. The van der Waals surface area contributed by atoms with E-state index in [1.807, 2.05) is 18.2 Å². The lowest BCUT2D eigenvalue weighted by Gasteiger charge is -2.28. The number of hydrogen-bond acceptors (Lipinski definition) is 9. The number of aromatic hydroxyl groups is 1. The highest BCUT2D eigenvalue weighted by Gasteiger charge is 2.34. The second-order valence-corrected chi connectivity index (χ2v) is 13.3. The number of aliphatic carboxylic acids is 2. The summed E-state index contributed by atoms with van der Waals surface area (Å²) >= 11 is 0. The third-order valence-corrected chi connectivity index (χ3v) is 9.09. The first-order valence-electron chi connectivity index (χ1n) is 17.9. The summed E-state index contributed by atoms with van der Waals surface area (Å²) in [6.45, 7) is 3.56. The fourth-order valence-corrected chi connectivity index (χ4v) is 5.78. The summed E-state index contributed by atoms with van der Waals surface area (Å²) in [6, 6.07) is 6.88. The molecule has 3 aromatic rings. The van der Waals surface area contributed by atoms with E-state index in [0.717, 1.165) is 10.9 Å². The molecule has 0 unspecified atom stereocenters. The molecule has 0 aliphatic rings. The second-order valence-electron chi connectivity index (χ2n) is 13.3. The minimum absolute atomic E-state index is 0.0422. The van der Waals surface area contributed by atoms with Gasteiger partial charge in [-0.25, -0.2) is 4.79 Å². The van der Waals surface area contributed by atoms with E-state index >= 15 is 0 Å². The van der Waals surface area contributed by atoms with E-state index in [2.05, 4.69) is 31.2 Å². The van der Waals surface area contributed by atoms with Crippen LogP contribution >= 0.6 is 0 Å². The minimum atomic E-state index is -1.48. The fourth-order valence-electron chi connectivity index (χ4n) is 5.78. The van der Waals surface area contributed by atoms with Gasteiger partial charge in [-0.3, -0.25) is 29.0 Å². The molecule has 1 heterocycles. The Labute approximate surface area is 317 Å². The molecule has 298 valence electrons. The average molecular weight is 766 g/mol. The van der Waals surface area contributed by atoms with Crippen molar-refractivity contribution >= 4 is 52.4 Å². The van der Waals surface area contributed by atoms with E-state index in [4.69, 9.17) is 17.2 Å². The van der Waals surface area contributed by atoms with Crippen LogP contribution in [0.2, 0.25) is 0 Å². The van der Waals surface area contributed by atoms with Gasteiger partial charge in [-0.1, -0.05) is 50.6 Å². The summed E-state index contributed by atoms with van der Waals surface area (Å²) in [5.41, 5.74) is 19.1. The highest BCUT2D eigenvalue weighted by atomic mass is 16.4. The Kier molecular flexibility index (Phi) is 16.4. The lowest BCUT2D eigenvalue weighted by atomic mass is 9.96. The standard InChI is InChI=1S/C37H51N9O9/c1-3-20(2)31(46-32(50)25(38)17-21-10-12-23(47)13-11-21)35(53)44-28(14-15-30(48)49)34(52)43-27(9-6-16-41-37(39)40)33(51)45-29(36(54)55)18-22-19-42-26-8-5-4-7-24(22)26/h4-5,7-8,10-13,19-20,25,27-29,31,42,47H,3,6,9,14-18,38H2,1-2H3,(H,43,52)(H,44,53)(H,45,51)(H,46,50)(H,48,49)(H,54,55)(H4,39,40,41)/t20-,25-,27-,28-,29-,31-/m0/s1. The van der Waals surface area contributed by atoms with Crippen molar-refractivity contribution in [3.63, 3.8) is 0 Å². The van der Waals surface area contributed by atoms with Crippen LogP contribution in [0.25, 0.3) is 10.9 Å². The van der Waals surface area contributed by atoms with Crippen molar-refractivity contribution in [2.24, 2.45) is 28.1 Å². The number of guanidine groups is 1. The number of aromatic nitrogens is 1. The molecular weight excluding hydrogens is 714 g/mol. The predicted octanol–water partition coefficient (Wildman–Crippen LogP) is -0.0257. The molecule has 0 spiro atoms. The van der Waals surface area contributed by atoms with Gasteiger partial charge in [0.1, 0.15) is 29.9 Å². The third kappa shape index (κ3) is 13.6. The number of benzene rings is 2. The van der Waals surface area contributed by atoms with Gasteiger partial charge in [-0.2, -0.15) is 0 Å². The maximum atomic E-state index is 13.8. The number of fused-ring (bicyclic) bond motifs is 1. The Balaban J connectivity index is 1.80. The number of carboxylic acid groups (broad SMARTS) is 2. The number of aliphatic imine (C=N–C) groups is 1. The molecule has 0 fully saturated rings. The molecule has 0 bridgehead atoms. The van der Waals surface area contributed by atoms with Gasteiger partial charge < -0.3 is 58.8 Å². The molecule has 0 saturated carbocycles. The van der Waals surface area contributed by atoms with Gasteiger partial charge in [0.25, 0.3) is 0 Å². The van der Waals surface area contributed by atoms with Gasteiger partial charge in [0, 0.05) is 36.5 Å². The number of para-hydroxylation sites is 1. The summed E-state index contributed by atoms with van der Waals surface area (Å²) in [5.74, 6) is -6.40. The lowest BCUT2D eigenvalue weighted by Crippen LogP contribution is -2.59. The quantitative estimate of drug-likeness (QED) is 0.0365. The number of carbonyl (C=O) groups is 6. The van der Waals surface area contributed by atoms with E-state index in [0.29, 0.717) is 17.5 Å². The average Bonchev–Trinajstić information content (AvgIpc) is 3.55. The van der Waals surface area contributed by atoms with E-state index < -0.39 is 78.1 Å². The number of phenolic OH excluding ortho intramolecular Hbond substituents is 1. The van der Waals surface area contributed by atoms with Crippen LogP contribution in [0.15, 0.2) is 59.7 Å². The Hall–Kier alpha value is -6.17. The number of amides is 4. The lowest BCUT2D eigenvalue weighted by molar-refractivity contribution is -0.142. The van der Waals surface area contributed by atoms with Gasteiger partial charge in [0.2, 0.25) is 23.6 Å². The maximum absolute atomic E-state index is 13.8. The number of phenols is 1. The van der Waals surface area contributed by atoms with Crippen molar-refractivity contribution in [1.29, 1.82) is 0 Å². The van der Waals surface area contributed by atoms with Gasteiger partial charge in [-0.05, 0) is 60.9 Å². The Morgan fingerprint density at radius 2 is 1.42 bits per heavy atom. The number of carbonyl (C=O) groups excluding carboxylic acids is 4. The number of nitrogens with zero attached hydrogens (tertiary/aromatic N) is 1. The molecule has 3 rings (SSSR count). The molecule has 0 aliphatic carbocycles. The van der Waals surface area contributed by atoms with E-state index in [1.54, 1.807) is 38.2 Å². The molecule has 14 N–H and O–H groups in total. The summed E-state index contributed by atoms with van der Waals surface area (Å²) < 4.78 is 0. The first-order valence-corrected chi connectivity index (χ1v) is 17.9. The van der Waals surface area contributed by atoms with Crippen LogP contribution in [0.4, 0.5) is 0 Å². The fraction of sp³-hybridized carbons (Fsp3) is 0.432. The van der Waals surface area contributed by atoms with E-state index in [-0.39, 0.29) is 50.4 Å². The molecule has 18 nitrogen and oxygen atoms in total. The summed E-state index contributed by atoms with van der Waals surface area (Å²) in [4.78, 5) is 85.1. The number of hydrogen-bond donors (Lipinski definition) is 11. The van der Waals surface area contributed by atoms with Crippen LogP contribution in [0, 0.1) is 5.92 Å². The maximum Gasteiger partial charge on any atom is 0.326 e. The number of carboxylic acids is 2. The second kappa shape index (κ2) is 20.9. The molecule has 1 aromatic heterocycles. The molecular formula is C37H51N9O9. The van der Waals surface area contributed by atoms with Crippen LogP contribution in [0.3, 0.4) is 0 Å². The highest BCUT2D eigenvalue weighted by molar-refractivity contribution is 5.96. The SMILES string of the molecule is CC[C@H](C)[C@H](NC(=O)[C@@H](N)Cc1ccc(O)cc1)C(=O)N[C@@H](CCC(=O)O)C(=O)N[C@@H](CCCN=C(N)N)C(=O)N[C@@H](Cc1c[nH]c2ccccc12)C(=O)O. The van der Waals surface area contributed by atoms with Gasteiger partial charge in [0.05, 0.1) is 6.04 Å². The van der Waals surface area contributed by atoms with Crippen molar-refractivity contribution < 1.29 is 44.1 Å². The van der Waals surface area contributed by atoms with Crippen LogP contribution in [-0.2, 0) is 41.6 Å². The smallest absolute Gasteiger partial charge is 0.326 e. The summed E-state index contributed by atoms with van der Waals surface area (Å²) in [5, 5.41) is 40.0. The molecule has 2 aromatic carbocycles. The molecule has 0 saturated heterocycles. The van der Waals surface area contributed by atoms with Crippen LogP contribution in [-0.4, -0.2) is 98.6 Å². The first kappa shape index (κ1) is 43.2. The van der Waals surface area contributed by atoms with E-state index in [1.165, 1.54) is 12.1 Å². The van der Waals surface area contributed by atoms with Crippen molar-refractivity contribution in [2.75, 3.05) is 6.54 Å². The van der Waals surface area contributed by atoms with Crippen LogP contribution < -0.4 is 38.5 Å². The van der Waals surface area contributed by atoms with Crippen molar-refractivity contribution in [1.82, 2.24) is 26.3 Å². The largest absolute Gasteiger partial charge is 0.508 e. The first-order chi connectivity index (χ1) is 26.1. The van der Waals surface area contributed by atoms with Gasteiger partial charge in [0.15, 0.2) is 5.96 Å². The topological polar surface area (TPSA) is 317 Å². The van der Waals surface area contributed by atoms with E-state index in [9.17, 15) is 44.1 Å². The number of aromatic amines is 1.